The number of carbonyl (C=O) groups excluding carboxylic acids is 1. The first kappa shape index (κ1) is 20.9. The van der Waals surface area contributed by atoms with Crippen molar-refractivity contribution in [3.05, 3.63) is 12.2 Å². The molecule has 0 radical (unpaired) electrons. The fraction of sp³-hybridized carbons (Fsp3) is 0.800. The standard InChI is InChI=1S/C20H34O4/c1-4-8-15(2)20(3,24)14-13-16-11-12-18(21)17(16)9-6-5-7-10-19(22)23/h13-17,24H,4-12H2,1-3H3,(H,22,23)/t15?,16-,17-,20?/m0/s1. The van der Waals surface area contributed by atoms with Gasteiger partial charge in [0.15, 0.2) is 0 Å². The van der Waals surface area contributed by atoms with Crippen molar-refractivity contribution in [3.8, 4) is 0 Å². The molecule has 1 aliphatic rings. The Bertz CT molecular complexity index is 439. The summed E-state index contributed by atoms with van der Waals surface area (Å²) in [6, 6.07) is 0. The van der Waals surface area contributed by atoms with E-state index < -0.39 is 11.6 Å². The highest BCUT2D eigenvalue weighted by Crippen LogP contribution is 2.35. The minimum Gasteiger partial charge on any atom is -0.481 e. The number of carboxylic acids is 1. The Hall–Kier alpha value is -1.16. The first-order valence-electron chi connectivity index (χ1n) is 9.44. The number of rotatable bonds is 11. The number of hydrogen-bond donors (Lipinski definition) is 2. The van der Waals surface area contributed by atoms with E-state index in [4.69, 9.17) is 5.11 Å². The van der Waals surface area contributed by atoms with Gasteiger partial charge in [-0.1, -0.05) is 45.3 Å². The number of hydrogen-bond acceptors (Lipinski definition) is 3. The molecular formula is C20H34O4. The van der Waals surface area contributed by atoms with E-state index in [0.717, 1.165) is 38.5 Å². The molecule has 0 aromatic rings. The van der Waals surface area contributed by atoms with Crippen molar-refractivity contribution in [1.82, 2.24) is 0 Å². The van der Waals surface area contributed by atoms with Crippen LogP contribution in [0.15, 0.2) is 12.2 Å². The van der Waals surface area contributed by atoms with Gasteiger partial charge < -0.3 is 10.2 Å². The van der Waals surface area contributed by atoms with Crippen molar-refractivity contribution < 1.29 is 19.8 Å². The molecule has 1 aliphatic carbocycles. The molecule has 4 nitrogen and oxygen atoms in total. The van der Waals surface area contributed by atoms with E-state index in [1.54, 1.807) is 0 Å². The van der Waals surface area contributed by atoms with Crippen LogP contribution in [0, 0.1) is 17.8 Å². The molecule has 0 bridgehead atoms. The summed E-state index contributed by atoms with van der Waals surface area (Å²) in [5.74, 6) is 0.0336. The van der Waals surface area contributed by atoms with Crippen LogP contribution < -0.4 is 0 Å². The lowest BCUT2D eigenvalue weighted by atomic mass is 9.84. The van der Waals surface area contributed by atoms with E-state index in [2.05, 4.69) is 19.9 Å². The molecule has 4 atom stereocenters. The summed E-state index contributed by atoms with van der Waals surface area (Å²) in [5.41, 5.74) is -0.826. The molecule has 0 amide bonds. The number of aliphatic carboxylic acids is 1. The van der Waals surface area contributed by atoms with Gasteiger partial charge in [0, 0.05) is 18.8 Å². The van der Waals surface area contributed by atoms with Gasteiger partial charge in [-0.2, -0.15) is 0 Å². The van der Waals surface area contributed by atoms with Crippen molar-refractivity contribution in [2.75, 3.05) is 0 Å². The van der Waals surface area contributed by atoms with Gasteiger partial charge in [0.25, 0.3) is 0 Å². The number of unbranched alkanes of at least 4 members (excludes halogenated alkanes) is 2. The molecule has 0 aromatic carbocycles. The van der Waals surface area contributed by atoms with E-state index in [-0.39, 0.29) is 24.2 Å². The number of ketones is 1. The predicted molar refractivity (Wildman–Crippen MR) is 95.8 cm³/mol. The fourth-order valence-electron chi connectivity index (χ4n) is 3.56. The van der Waals surface area contributed by atoms with Crippen molar-refractivity contribution in [2.45, 2.75) is 84.2 Å². The van der Waals surface area contributed by atoms with E-state index in [0.29, 0.717) is 18.6 Å². The van der Waals surface area contributed by atoms with Crippen LogP contribution >= 0.6 is 0 Å². The molecule has 2 N–H and O–H groups in total. The minimum absolute atomic E-state index is 0.0448. The molecule has 138 valence electrons. The maximum absolute atomic E-state index is 12.1. The Balaban J connectivity index is 2.52. The largest absolute Gasteiger partial charge is 0.481 e. The van der Waals surface area contributed by atoms with Crippen molar-refractivity contribution in [3.63, 3.8) is 0 Å². The van der Waals surface area contributed by atoms with E-state index in [1.807, 2.05) is 13.0 Å². The molecule has 0 saturated heterocycles. The van der Waals surface area contributed by atoms with Crippen molar-refractivity contribution in [2.24, 2.45) is 17.8 Å². The van der Waals surface area contributed by atoms with Crippen LogP contribution in [0.3, 0.4) is 0 Å². The molecule has 0 spiro atoms. The zero-order valence-electron chi connectivity index (χ0n) is 15.5. The Labute approximate surface area is 146 Å². The Kier molecular flexibility index (Phi) is 8.68. The summed E-state index contributed by atoms with van der Waals surface area (Å²) < 4.78 is 0. The second-order valence-corrected chi connectivity index (χ2v) is 7.54. The normalized spacial score (nSPS) is 25.1. The third-order valence-corrected chi connectivity index (χ3v) is 5.46. The molecule has 4 heteroatoms. The van der Waals surface area contributed by atoms with Crippen LogP contribution in [0.4, 0.5) is 0 Å². The third-order valence-electron chi connectivity index (χ3n) is 5.46. The highest BCUT2D eigenvalue weighted by Gasteiger charge is 2.33. The highest BCUT2D eigenvalue weighted by molar-refractivity contribution is 5.83. The summed E-state index contributed by atoms with van der Waals surface area (Å²) in [6.07, 6.45) is 11.0. The van der Waals surface area contributed by atoms with Gasteiger partial charge in [-0.15, -0.1) is 0 Å². The average molecular weight is 338 g/mol. The second kappa shape index (κ2) is 9.97. The minimum atomic E-state index is -0.826. The lowest BCUT2D eigenvalue weighted by Gasteiger charge is -2.27. The first-order valence-corrected chi connectivity index (χ1v) is 9.44. The number of Topliss-reactive ketones (excluding diaryl/α,β-unsaturated/α-hetero) is 1. The maximum atomic E-state index is 12.1. The van der Waals surface area contributed by atoms with E-state index in [9.17, 15) is 14.7 Å². The molecule has 0 aromatic heterocycles. The van der Waals surface area contributed by atoms with E-state index in [1.165, 1.54) is 0 Å². The van der Waals surface area contributed by atoms with Gasteiger partial charge in [-0.25, -0.2) is 0 Å². The molecule has 1 rings (SSSR count). The highest BCUT2D eigenvalue weighted by atomic mass is 16.4. The van der Waals surface area contributed by atoms with Gasteiger partial charge in [-0.3, -0.25) is 9.59 Å². The van der Waals surface area contributed by atoms with Crippen LogP contribution in [-0.2, 0) is 9.59 Å². The van der Waals surface area contributed by atoms with Crippen molar-refractivity contribution >= 4 is 11.8 Å². The SMILES string of the molecule is CCCC(C)C(C)(O)C=C[C@@H]1CCC(=O)[C@H]1CCCCCC(=O)O. The molecule has 1 saturated carbocycles. The quantitative estimate of drug-likeness (QED) is 0.433. The molecule has 2 unspecified atom stereocenters. The third kappa shape index (κ3) is 6.76. The molecule has 0 heterocycles. The van der Waals surface area contributed by atoms with Crippen LogP contribution in [0.25, 0.3) is 0 Å². The Morgan fingerprint density at radius 1 is 1.38 bits per heavy atom. The average Bonchev–Trinajstić information content (AvgIpc) is 2.85. The number of carbonyl (C=O) groups is 2. The Morgan fingerprint density at radius 2 is 2.08 bits per heavy atom. The van der Waals surface area contributed by atoms with Gasteiger partial charge >= 0.3 is 5.97 Å². The van der Waals surface area contributed by atoms with Gasteiger partial charge in [0.2, 0.25) is 0 Å². The molecule has 24 heavy (non-hydrogen) atoms. The lowest BCUT2D eigenvalue weighted by Crippen LogP contribution is -2.30. The van der Waals surface area contributed by atoms with E-state index >= 15 is 0 Å². The predicted octanol–water partition coefficient (Wildman–Crippen LogP) is 4.36. The van der Waals surface area contributed by atoms with Crippen LogP contribution in [0.2, 0.25) is 0 Å². The summed E-state index contributed by atoms with van der Waals surface area (Å²) in [7, 11) is 0. The van der Waals surface area contributed by atoms with Gasteiger partial charge in [-0.05, 0) is 44.4 Å². The monoisotopic (exact) mass is 338 g/mol. The van der Waals surface area contributed by atoms with Crippen LogP contribution in [0.5, 0.6) is 0 Å². The smallest absolute Gasteiger partial charge is 0.303 e. The second-order valence-electron chi connectivity index (χ2n) is 7.54. The summed E-state index contributed by atoms with van der Waals surface area (Å²) >= 11 is 0. The summed E-state index contributed by atoms with van der Waals surface area (Å²) in [4.78, 5) is 22.6. The summed E-state index contributed by atoms with van der Waals surface area (Å²) in [5, 5.41) is 19.2. The van der Waals surface area contributed by atoms with Gasteiger partial charge in [0.1, 0.15) is 5.78 Å². The van der Waals surface area contributed by atoms with Crippen LogP contribution in [0.1, 0.15) is 78.6 Å². The maximum Gasteiger partial charge on any atom is 0.303 e. The van der Waals surface area contributed by atoms with Crippen LogP contribution in [-0.4, -0.2) is 27.6 Å². The topological polar surface area (TPSA) is 74.6 Å². The number of allylic oxidation sites excluding steroid dienone is 1. The first-order chi connectivity index (χ1) is 11.3. The molecule has 0 aliphatic heterocycles. The Morgan fingerprint density at radius 3 is 2.71 bits per heavy atom. The van der Waals surface area contributed by atoms with Crippen molar-refractivity contribution in [1.29, 1.82) is 0 Å². The summed E-state index contributed by atoms with van der Waals surface area (Å²) in [6.45, 7) is 6.03. The lowest BCUT2D eigenvalue weighted by molar-refractivity contribution is -0.137. The zero-order chi connectivity index (χ0) is 18.2. The fourth-order valence-corrected chi connectivity index (χ4v) is 3.56. The number of aliphatic hydroxyl groups is 1. The van der Waals surface area contributed by atoms with Gasteiger partial charge in [0.05, 0.1) is 5.60 Å². The number of carboxylic acid groups (broad SMARTS) is 1. The zero-order valence-corrected chi connectivity index (χ0v) is 15.5. The molecule has 1 fully saturated rings. The molecular weight excluding hydrogens is 304 g/mol.